The highest BCUT2D eigenvalue weighted by Gasteiger charge is 2.15. The summed E-state index contributed by atoms with van der Waals surface area (Å²) < 4.78 is 0. The Labute approximate surface area is 116 Å². The number of carbonyl (C=O) groups is 2. The molecule has 1 amide bonds. The predicted octanol–water partition coefficient (Wildman–Crippen LogP) is 2.35. The number of hydrogen-bond acceptors (Lipinski definition) is 3. The standard InChI is InChI=1S/C13H17ClN2O3/c1-2-8(6-11(17)18)7-16-10-5-3-4-9(14)12(10)13(15)19/h3-5,8,16H,2,6-7H2,1H3,(H2,15,19)(H,17,18). The third-order valence-electron chi connectivity index (χ3n) is 2.88. The molecule has 1 unspecified atom stereocenters. The molecule has 0 aliphatic heterocycles. The van der Waals surface area contributed by atoms with Crippen LogP contribution in [-0.2, 0) is 4.79 Å². The number of anilines is 1. The Kier molecular flexibility index (Phi) is 5.63. The van der Waals surface area contributed by atoms with Crippen LogP contribution in [0.5, 0.6) is 0 Å². The zero-order valence-corrected chi connectivity index (χ0v) is 11.4. The van der Waals surface area contributed by atoms with Crippen LogP contribution < -0.4 is 11.1 Å². The van der Waals surface area contributed by atoms with E-state index < -0.39 is 11.9 Å². The number of benzene rings is 1. The summed E-state index contributed by atoms with van der Waals surface area (Å²) in [6.45, 7) is 2.37. The zero-order valence-electron chi connectivity index (χ0n) is 10.6. The van der Waals surface area contributed by atoms with Gasteiger partial charge < -0.3 is 16.2 Å². The minimum atomic E-state index is -0.838. The summed E-state index contributed by atoms with van der Waals surface area (Å²) in [7, 11) is 0. The third kappa shape index (κ3) is 4.44. The number of carboxylic acids is 1. The van der Waals surface area contributed by atoms with Crippen LogP contribution in [0.25, 0.3) is 0 Å². The molecular weight excluding hydrogens is 268 g/mol. The first-order valence-electron chi connectivity index (χ1n) is 5.99. The van der Waals surface area contributed by atoms with Gasteiger partial charge >= 0.3 is 5.97 Å². The van der Waals surface area contributed by atoms with Crippen LogP contribution in [0, 0.1) is 5.92 Å². The summed E-state index contributed by atoms with van der Waals surface area (Å²) >= 11 is 5.92. The number of aliphatic carboxylic acids is 1. The van der Waals surface area contributed by atoms with Crippen molar-refractivity contribution >= 4 is 29.2 Å². The fourth-order valence-corrected chi connectivity index (χ4v) is 2.05. The van der Waals surface area contributed by atoms with Gasteiger partial charge in [0.1, 0.15) is 0 Å². The molecule has 0 saturated carbocycles. The Morgan fingerprint density at radius 2 is 2.16 bits per heavy atom. The van der Waals surface area contributed by atoms with Gasteiger partial charge in [0.25, 0.3) is 5.91 Å². The second-order valence-corrected chi connectivity index (χ2v) is 4.69. The Balaban J connectivity index is 2.79. The van der Waals surface area contributed by atoms with Gasteiger partial charge in [0.05, 0.1) is 10.6 Å². The molecule has 0 radical (unpaired) electrons. The van der Waals surface area contributed by atoms with Gasteiger partial charge in [0.2, 0.25) is 0 Å². The highest BCUT2D eigenvalue weighted by atomic mass is 35.5. The first-order valence-corrected chi connectivity index (χ1v) is 6.37. The lowest BCUT2D eigenvalue weighted by Crippen LogP contribution is -2.20. The minimum absolute atomic E-state index is 0.0165. The van der Waals surface area contributed by atoms with E-state index in [-0.39, 0.29) is 22.9 Å². The van der Waals surface area contributed by atoms with Crippen molar-refractivity contribution in [2.75, 3.05) is 11.9 Å². The molecule has 0 aromatic heterocycles. The monoisotopic (exact) mass is 284 g/mol. The second-order valence-electron chi connectivity index (χ2n) is 4.28. The summed E-state index contributed by atoms with van der Waals surface area (Å²) in [6, 6.07) is 4.98. The summed E-state index contributed by atoms with van der Waals surface area (Å²) in [6.07, 6.45) is 0.807. The molecule has 5 nitrogen and oxygen atoms in total. The van der Waals surface area contributed by atoms with Crippen LogP contribution in [0.4, 0.5) is 5.69 Å². The number of nitrogens with one attached hydrogen (secondary N) is 1. The molecule has 1 rings (SSSR count). The molecule has 0 bridgehead atoms. The van der Waals surface area contributed by atoms with E-state index in [0.717, 1.165) is 6.42 Å². The van der Waals surface area contributed by atoms with E-state index in [4.69, 9.17) is 22.4 Å². The Bertz CT molecular complexity index is 477. The molecule has 1 atom stereocenters. The molecule has 0 fully saturated rings. The van der Waals surface area contributed by atoms with Crippen molar-refractivity contribution in [3.63, 3.8) is 0 Å². The Hall–Kier alpha value is -1.75. The maximum absolute atomic E-state index is 11.3. The van der Waals surface area contributed by atoms with Gasteiger partial charge in [0, 0.05) is 18.7 Å². The molecule has 1 aromatic rings. The largest absolute Gasteiger partial charge is 0.481 e. The van der Waals surface area contributed by atoms with E-state index in [1.54, 1.807) is 18.2 Å². The third-order valence-corrected chi connectivity index (χ3v) is 3.20. The molecule has 0 aliphatic rings. The van der Waals surface area contributed by atoms with Crippen molar-refractivity contribution in [3.8, 4) is 0 Å². The van der Waals surface area contributed by atoms with Crippen LogP contribution in [0.1, 0.15) is 30.1 Å². The van der Waals surface area contributed by atoms with Gasteiger partial charge in [0.15, 0.2) is 0 Å². The highest BCUT2D eigenvalue weighted by molar-refractivity contribution is 6.34. The van der Waals surface area contributed by atoms with Crippen molar-refractivity contribution in [3.05, 3.63) is 28.8 Å². The van der Waals surface area contributed by atoms with E-state index in [0.29, 0.717) is 12.2 Å². The Morgan fingerprint density at radius 1 is 1.47 bits per heavy atom. The molecule has 4 N–H and O–H groups in total. The molecule has 0 spiro atoms. The summed E-state index contributed by atoms with van der Waals surface area (Å²) in [4.78, 5) is 22.0. The van der Waals surface area contributed by atoms with E-state index in [2.05, 4.69) is 5.32 Å². The van der Waals surface area contributed by atoms with Crippen molar-refractivity contribution in [1.29, 1.82) is 0 Å². The van der Waals surface area contributed by atoms with E-state index in [1.165, 1.54) is 0 Å². The summed E-state index contributed by atoms with van der Waals surface area (Å²) in [5.41, 5.74) is 6.04. The summed E-state index contributed by atoms with van der Waals surface area (Å²) in [5.74, 6) is -1.47. The SMILES string of the molecule is CCC(CNc1cccc(Cl)c1C(N)=O)CC(=O)O. The van der Waals surface area contributed by atoms with Crippen molar-refractivity contribution in [2.24, 2.45) is 11.7 Å². The average molecular weight is 285 g/mol. The lowest BCUT2D eigenvalue weighted by Gasteiger charge is -2.16. The van der Waals surface area contributed by atoms with Crippen LogP contribution in [-0.4, -0.2) is 23.5 Å². The first kappa shape index (κ1) is 15.3. The van der Waals surface area contributed by atoms with Gasteiger partial charge in [-0.15, -0.1) is 0 Å². The number of hydrogen-bond donors (Lipinski definition) is 3. The van der Waals surface area contributed by atoms with E-state index in [1.807, 2.05) is 6.92 Å². The van der Waals surface area contributed by atoms with Gasteiger partial charge in [-0.2, -0.15) is 0 Å². The number of primary amides is 1. The number of rotatable bonds is 7. The molecule has 0 aliphatic carbocycles. The minimum Gasteiger partial charge on any atom is -0.481 e. The molecule has 1 aromatic carbocycles. The average Bonchev–Trinajstić information content (AvgIpc) is 2.33. The lowest BCUT2D eigenvalue weighted by atomic mass is 10.0. The smallest absolute Gasteiger partial charge is 0.303 e. The van der Waals surface area contributed by atoms with Crippen LogP contribution in [0.3, 0.4) is 0 Å². The van der Waals surface area contributed by atoms with Crippen molar-refractivity contribution in [2.45, 2.75) is 19.8 Å². The van der Waals surface area contributed by atoms with E-state index in [9.17, 15) is 9.59 Å². The topological polar surface area (TPSA) is 92.4 Å². The fourth-order valence-electron chi connectivity index (χ4n) is 1.78. The van der Waals surface area contributed by atoms with Gasteiger partial charge in [-0.3, -0.25) is 9.59 Å². The maximum atomic E-state index is 11.3. The van der Waals surface area contributed by atoms with Gasteiger partial charge in [-0.1, -0.05) is 31.0 Å². The van der Waals surface area contributed by atoms with Crippen LogP contribution in [0.15, 0.2) is 18.2 Å². The quantitative estimate of drug-likeness (QED) is 0.716. The highest BCUT2D eigenvalue weighted by Crippen LogP contribution is 2.24. The maximum Gasteiger partial charge on any atom is 0.303 e. The number of carboxylic acid groups (broad SMARTS) is 1. The molecule has 19 heavy (non-hydrogen) atoms. The predicted molar refractivity (Wildman–Crippen MR) is 74.5 cm³/mol. The fraction of sp³-hybridized carbons (Fsp3) is 0.385. The zero-order chi connectivity index (χ0) is 14.4. The number of carbonyl (C=O) groups excluding carboxylic acids is 1. The van der Waals surface area contributed by atoms with E-state index >= 15 is 0 Å². The first-order chi connectivity index (χ1) is 8.95. The number of amides is 1. The number of nitrogens with two attached hydrogens (primary N) is 1. The van der Waals surface area contributed by atoms with Gasteiger partial charge in [-0.25, -0.2) is 0 Å². The van der Waals surface area contributed by atoms with Gasteiger partial charge in [-0.05, 0) is 18.1 Å². The van der Waals surface area contributed by atoms with Crippen molar-refractivity contribution in [1.82, 2.24) is 0 Å². The number of halogens is 1. The summed E-state index contributed by atoms with van der Waals surface area (Å²) in [5, 5.41) is 12.1. The van der Waals surface area contributed by atoms with Crippen LogP contribution >= 0.6 is 11.6 Å². The second kappa shape index (κ2) is 6.99. The Morgan fingerprint density at radius 3 is 2.68 bits per heavy atom. The lowest BCUT2D eigenvalue weighted by molar-refractivity contribution is -0.138. The molecular formula is C13H17ClN2O3. The molecule has 6 heteroatoms. The molecule has 0 heterocycles. The molecule has 0 saturated heterocycles. The molecule has 104 valence electrons. The normalized spacial score (nSPS) is 11.9. The van der Waals surface area contributed by atoms with Crippen LogP contribution in [0.2, 0.25) is 5.02 Å². The van der Waals surface area contributed by atoms with Crippen molar-refractivity contribution < 1.29 is 14.7 Å².